The summed E-state index contributed by atoms with van der Waals surface area (Å²) in [6.45, 7) is 6.03. The Morgan fingerprint density at radius 3 is 2.71 bits per heavy atom. The number of ether oxygens (including phenoxy) is 1. The van der Waals surface area contributed by atoms with Gasteiger partial charge in [-0.3, -0.25) is 14.9 Å². The molecule has 0 saturated carbocycles. The van der Waals surface area contributed by atoms with Gasteiger partial charge in [0.25, 0.3) is 11.6 Å². The first-order valence-electron chi connectivity index (χ1n) is 6.99. The zero-order chi connectivity index (χ0) is 17.7. The number of nitro groups is 1. The molecule has 0 bridgehead atoms. The van der Waals surface area contributed by atoms with Gasteiger partial charge in [-0.2, -0.15) is 0 Å². The summed E-state index contributed by atoms with van der Waals surface area (Å²) in [7, 11) is 0. The molecule has 0 aromatic heterocycles. The Bertz CT molecular complexity index is 805. The van der Waals surface area contributed by atoms with Crippen molar-refractivity contribution in [3.63, 3.8) is 0 Å². The van der Waals surface area contributed by atoms with Gasteiger partial charge in [0, 0.05) is 27.5 Å². The molecule has 24 heavy (non-hydrogen) atoms. The number of rotatable bonds is 6. The second-order valence-electron chi connectivity index (χ2n) is 5.15. The molecule has 0 radical (unpaired) electrons. The number of anilines is 1. The van der Waals surface area contributed by atoms with Crippen molar-refractivity contribution in [2.45, 2.75) is 6.92 Å². The molecule has 0 saturated heterocycles. The van der Waals surface area contributed by atoms with Crippen LogP contribution >= 0.6 is 22.6 Å². The van der Waals surface area contributed by atoms with Crippen LogP contribution < -0.4 is 10.1 Å². The first-order chi connectivity index (χ1) is 11.4. The van der Waals surface area contributed by atoms with Crippen molar-refractivity contribution < 1.29 is 14.5 Å². The fraction of sp³-hybridized carbons (Fsp3) is 0.118. The standard InChI is InChI=1S/C17H15IN2O4/c1-11(2)10-24-14-5-3-4-12(8-14)19-17(21)15-7-6-13(20(22)23)9-16(15)18/h3-9H,1,10H2,2H3,(H,19,21). The van der Waals surface area contributed by atoms with E-state index >= 15 is 0 Å². The first-order valence-corrected chi connectivity index (χ1v) is 8.07. The maximum absolute atomic E-state index is 12.4. The molecule has 7 heteroatoms. The smallest absolute Gasteiger partial charge is 0.270 e. The Morgan fingerprint density at radius 2 is 2.08 bits per heavy atom. The number of nitrogens with one attached hydrogen (secondary N) is 1. The van der Waals surface area contributed by atoms with Gasteiger partial charge in [-0.15, -0.1) is 0 Å². The highest BCUT2D eigenvalue weighted by atomic mass is 127. The van der Waals surface area contributed by atoms with Gasteiger partial charge in [0.1, 0.15) is 12.4 Å². The minimum atomic E-state index is -0.494. The van der Waals surface area contributed by atoms with Crippen LogP contribution in [0.5, 0.6) is 5.75 Å². The van der Waals surface area contributed by atoms with Gasteiger partial charge < -0.3 is 10.1 Å². The van der Waals surface area contributed by atoms with Gasteiger partial charge in [-0.25, -0.2) is 0 Å². The third kappa shape index (κ3) is 4.79. The van der Waals surface area contributed by atoms with Crippen molar-refractivity contribution >= 4 is 39.9 Å². The minimum absolute atomic E-state index is 0.0499. The van der Waals surface area contributed by atoms with Crippen LogP contribution in [0.1, 0.15) is 17.3 Å². The summed E-state index contributed by atoms with van der Waals surface area (Å²) < 4.78 is 6.04. The van der Waals surface area contributed by atoms with Crippen molar-refractivity contribution in [2.75, 3.05) is 11.9 Å². The number of amides is 1. The molecule has 124 valence electrons. The molecule has 0 aliphatic rings. The van der Waals surface area contributed by atoms with Gasteiger partial charge in [0.15, 0.2) is 0 Å². The number of nitro benzene ring substituents is 1. The number of carbonyl (C=O) groups excluding carboxylic acids is 1. The molecular weight excluding hydrogens is 423 g/mol. The molecule has 1 amide bonds. The lowest BCUT2D eigenvalue weighted by atomic mass is 10.2. The predicted molar refractivity (Wildman–Crippen MR) is 101 cm³/mol. The Hall–Kier alpha value is -2.42. The number of halogens is 1. The molecule has 1 N–H and O–H groups in total. The fourth-order valence-corrected chi connectivity index (χ4v) is 2.61. The van der Waals surface area contributed by atoms with E-state index in [1.54, 1.807) is 24.3 Å². The third-order valence-corrected chi connectivity index (χ3v) is 3.88. The van der Waals surface area contributed by atoms with Gasteiger partial charge in [-0.1, -0.05) is 12.6 Å². The second kappa shape index (κ2) is 7.91. The van der Waals surface area contributed by atoms with E-state index in [1.807, 2.05) is 29.5 Å². The molecule has 0 unspecified atom stereocenters. The van der Waals surface area contributed by atoms with Crippen LogP contribution in [0.4, 0.5) is 11.4 Å². The Kier molecular flexibility index (Phi) is 5.91. The van der Waals surface area contributed by atoms with Crippen molar-refractivity contribution in [1.82, 2.24) is 0 Å². The number of hydrogen-bond acceptors (Lipinski definition) is 4. The molecule has 0 spiro atoms. The minimum Gasteiger partial charge on any atom is -0.489 e. The Labute approximate surface area is 152 Å². The monoisotopic (exact) mass is 438 g/mol. The second-order valence-corrected chi connectivity index (χ2v) is 6.31. The summed E-state index contributed by atoms with van der Waals surface area (Å²) in [5, 5.41) is 13.5. The lowest BCUT2D eigenvalue weighted by Crippen LogP contribution is -2.13. The van der Waals surface area contributed by atoms with Crippen LogP contribution in [0.2, 0.25) is 0 Å². The number of benzene rings is 2. The number of non-ortho nitro benzene ring substituents is 1. The quantitative estimate of drug-likeness (QED) is 0.314. The zero-order valence-electron chi connectivity index (χ0n) is 12.9. The van der Waals surface area contributed by atoms with E-state index in [0.717, 1.165) is 5.57 Å². The normalized spacial score (nSPS) is 10.1. The SMILES string of the molecule is C=C(C)COc1cccc(NC(=O)c2ccc([N+](=O)[O-])cc2I)c1. The zero-order valence-corrected chi connectivity index (χ0v) is 15.1. The van der Waals surface area contributed by atoms with Crippen LogP contribution in [0.25, 0.3) is 0 Å². The molecule has 2 aromatic carbocycles. The number of hydrogen-bond donors (Lipinski definition) is 1. The summed E-state index contributed by atoms with van der Waals surface area (Å²) in [6.07, 6.45) is 0. The van der Waals surface area contributed by atoms with Gasteiger partial charge in [0.05, 0.1) is 10.5 Å². The highest BCUT2D eigenvalue weighted by Crippen LogP contribution is 2.22. The molecule has 0 aliphatic heterocycles. The Morgan fingerprint density at radius 1 is 1.33 bits per heavy atom. The van der Waals surface area contributed by atoms with E-state index in [1.165, 1.54) is 18.2 Å². The van der Waals surface area contributed by atoms with E-state index in [-0.39, 0.29) is 11.6 Å². The molecular formula is C17H15IN2O4. The van der Waals surface area contributed by atoms with Crippen LogP contribution in [0, 0.1) is 13.7 Å². The lowest BCUT2D eigenvalue weighted by Gasteiger charge is -2.10. The highest BCUT2D eigenvalue weighted by molar-refractivity contribution is 14.1. The number of nitrogens with zero attached hydrogens (tertiary/aromatic N) is 1. The summed E-state index contributed by atoms with van der Waals surface area (Å²) in [6, 6.07) is 11.1. The van der Waals surface area contributed by atoms with E-state index < -0.39 is 4.92 Å². The third-order valence-electron chi connectivity index (χ3n) is 2.99. The van der Waals surface area contributed by atoms with Crippen LogP contribution in [0.15, 0.2) is 54.6 Å². The van der Waals surface area contributed by atoms with E-state index in [9.17, 15) is 14.9 Å². The molecule has 0 aliphatic carbocycles. The summed E-state index contributed by atoms with van der Waals surface area (Å²) in [4.78, 5) is 22.6. The number of carbonyl (C=O) groups is 1. The molecule has 2 aromatic rings. The molecule has 0 atom stereocenters. The predicted octanol–water partition coefficient (Wildman–Crippen LogP) is 4.41. The van der Waals surface area contributed by atoms with Crippen molar-refractivity contribution in [3.8, 4) is 5.75 Å². The fourth-order valence-electron chi connectivity index (χ4n) is 1.87. The van der Waals surface area contributed by atoms with Gasteiger partial charge >= 0.3 is 0 Å². The molecule has 0 fully saturated rings. The van der Waals surface area contributed by atoms with Crippen LogP contribution in [0.3, 0.4) is 0 Å². The average molecular weight is 438 g/mol. The first kappa shape index (κ1) is 17.9. The lowest BCUT2D eigenvalue weighted by molar-refractivity contribution is -0.384. The van der Waals surface area contributed by atoms with Gasteiger partial charge in [-0.05, 0) is 53.3 Å². The van der Waals surface area contributed by atoms with Crippen molar-refractivity contribution in [1.29, 1.82) is 0 Å². The van der Waals surface area contributed by atoms with E-state index in [4.69, 9.17) is 4.74 Å². The van der Waals surface area contributed by atoms with Gasteiger partial charge in [0.2, 0.25) is 0 Å². The van der Waals surface area contributed by atoms with Crippen molar-refractivity contribution in [2.24, 2.45) is 0 Å². The maximum Gasteiger partial charge on any atom is 0.270 e. The van der Waals surface area contributed by atoms with Crippen molar-refractivity contribution in [3.05, 3.63) is 73.9 Å². The van der Waals surface area contributed by atoms with E-state index in [0.29, 0.717) is 27.2 Å². The van der Waals surface area contributed by atoms with E-state index in [2.05, 4.69) is 11.9 Å². The van der Waals surface area contributed by atoms with Crippen LogP contribution in [-0.4, -0.2) is 17.4 Å². The molecule has 6 nitrogen and oxygen atoms in total. The summed E-state index contributed by atoms with van der Waals surface area (Å²) in [5.74, 6) is 0.278. The van der Waals surface area contributed by atoms with Crippen LogP contribution in [-0.2, 0) is 0 Å². The summed E-state index contributed by atoms with van der Waals surface area (Å²) >= 11 is 1.90. The maximum atomic E-state index is 12.4. The average Bonchev–Trinajstić information content (AvgIpc) is 2.53. The largest absolute Gasteiger partial charge is 0.489 e. The topological polar surface area (TPSA) is 81.5 Å². The molecule has 2 rings (SSSR count). The highest BCUT2D eigenvalue weighted by Gasteiger charge is 2.14. The summed E-state index contributed by atoms with van der Waals surface area (Å²) in [5.41, 5.74) is 1.79. The Balaban J connectivity index is 2.13. The molecule has 0 heterocycles.